The Bertz CT molecular complexity index is 2440. The zero-order chi connectivity index (χ0) is 44.7. The van der Waals surface area contributed by atoms with E-state index in [-0.39, 0.29) is 62.4 Å². The number of aromatic hydroxyl groups is 2. The first kappa shape index (κ1) is 49.7. The van der Waals surface area contributed by atoms with Gasteiger partial charge >= 0.3 is 0 Å². The molecule has 5 aromatic rings. The second kappa shape index (κ2) is 17.6. The summed E-state index contributed by atoms with van der Waals surface area (Å²) in [6.07, 6.45) is 15.4. The number of phenols is 2. The van der Waals surface area contributed by atoms with E-state index in [0.717, 1.165) is 86.0 Å². The van der Waals surface area contributed by atoms with E-state index < -0.39 is 0 Å². The number of benzene rings is 4. The van der Waals surface area contributed by atoms with Gasteiger partial charge in [0.25, 0.3) is 0 Å². The Morgan fingerprint density at radius 2 is 0.806 bits per heavy atom. The molecule has 0 unspecified atom stereocenters. The Balaban J connectivity index is 0.00000203. The SMILES string of the molecule is COc1cc(-c2cc(C(C)(C)C)ccc2-c2cc(C)cc(C34CC5CC(CC(C5)C3)C4)c2O)nc(-c2cc(C(C)(C)C)ccc2-c2cc(C)cc(C34CC5CC(CC(C5)C3)C4)c2O)c1.[CH3-].[CH3-].[Hf]. The average Bonchev–Trinajstić information content (AvgIpc) is 3.23. The van der Waals surface area contributed by atoms with Gasteiger partial charge < -0.3 is 29.8 Å². The first-order valence-electron chi connectivity index (χ1n) is 24.9. The number of aryl methyl sites for hydroxylation is 2. The van der Waals surface area contributed by atoms with Crippen LogP contribution in [0.4, 0.5) is 0 Å². The summed E-state index contributed by atoms with van der Waals surface area (Å²) in [6, 6.07) is 26.8. The monoisotopic (exact) mass is 1060 g/mol. The van der Waals surface area contributed by atoms with Crippen LogP contribution in [0.15, 0.2) is 72.8 Å². The molecule has 354 valence electrons. The fourth-order valence-corrected chi connectivity index (χ4v) is 15.5. The maximum absolute atomic E-state index is 12.7. The third-order valence-corrected chi connectivity index (χ3v) is 17.7. The normalized spacial score (nSPS) is 27.8. The molecule has 5 heteroatoms. The molecule has 67 heavy (non-hydrogen) atoms. The van der Waals surface area contributed by atoms with Crippen LogP contribution in [-0.2, 0) is 47.5 Å². The van der Waals surface area contributed by atoms with Crippen molar-refractivity contribution in [2.24, 2.45) is 35.5 Å². The smallest absolute Gasteiger partial charge is 0.127 e. The van der Waals surface area contributed by atoms with Gasteiger partial charge in [-0.05, 0) is 206 Å². The minimum absolute atomic E-state index is 0. The third kappa shape index (κ3) is 8.60. The van der Waals surface area contributed by atoms with Gasteiger partial charge in [0.2, 0.25) is 0 Å². The molecule has 0 amide bonds. The number of hydrogen-bond donors (Lipinski definition) is 2. The van der Waals surface area contributed by atoms with Gasteiger partial charge in [-0.25, -0.2) is 4.98 Å². The summed E-state index contributed by atoms with van der Waals surface area (Å²) < 4.78 is 6.19. The second-order valence-electron chi connectivity index (χ2n) is 24.6. The van der Waals surface area contributed by atoms with Crippen molar-refractivity contribution >= 4 is 0 Å². The van der Waals surface area contributed by atoms with Crippen molar-refractivity contribution in [3.05, 3.63) is 121 Å². The minimum Gasteiger partial charge on any atom is -0.507 e. The van der Waals surface area contributed by atoms with Crippen LogP contribution in [0, 0.1) is 64.2 Å². The number of pyridine rings is 1. The molecule has 2 N–H and O–H groups in total. The molecule has 4 aromatic carbocycles. The van der Waals surface area contributed by atoms with Gasteiger partial charge in [0.1, 0.15) is 17.2 Å². The topological polar surface area (TPSA) is 62.6 Å². The molecule has 8 fully saturated rings. The molecule has 8 bridgehead atoms. The van der Waals surface area contributed by atoms with Gasteiger partial charge in [0.05, 0.1) is 18.5 Å². The summed E-state index contributed by atoms with van der Waals surface area (Å²) in [6.45, 7) is 18.0. The summed E-state index contributed by atoms with van der Waals surface area (Å²) in [5.41, 5.74) is 14.4. The summed E-state index contributed by atoms with van der Waals surface area (Å²) in [5.74, 6) is 6.31. The van der Waals surface area contributed by atoms with E-state index in [1.54, 1.807) is 7.11 Å². The van der Waals surface area contributed by atoms with Crippen LogP contribution >= 0.6 is 0 Å². The molecule has 0 atom stereocenters. The molecule has 8 aliphatic carbocycles. The molecule has 0 aliphatic heterocycles. The number of aromatic nitrogens is 1. The summed E-state index contributed by atoms with van der Waals surface area (Å²) in [5, 5.41) is 25.4. The quantitative estimate of drug-likeness (QED) is 0.126. The van der Waals surface area contributed by atoms with Crippen LogP contribution in [0.5, 0.6) is 17.2 Å². The van der Waals surface area contributed by atoms with Crippen LogP contribution in [0.25, 0.3) is 44.8 Å². The summed E-state index contributed by atoms with van der Waals surface area (Å²) >= 11 is 0. The number of phenolic OH excluding ortho intramolecular Hbond substituents is 2. The molecular formula is C62H77HfNO3-2. The number of rotatable bonds is 7. The van der Waals surface area contributed by atoms with Crippen molar-refractivity contribution in [2.75, 3.05) is 7.11 Å². The number of hydrogen-bond acceptors (Lipinski definition) is 4. The standard InChI is InChI=1S/C60H71NO3.2CH3.Hf/c1-34-14-49(55(62)51(16-34)59-28-36-18-37(29-59)20-38(19-36)30-59)45-12-10-42(57(3,4)5)24-47(45)53-26-44(64-9)27-54(61-53)48-25-43(58(6,7)8)11-13-46(48)50-15-35(2)17-52(56(50)63)60-31-39-21-40(32-60)23-41(22-39)33-60;;;/h10-17,24-27,36-41,62-63H,18-23,28-33H2,1-9H3;2*1H3;/q;2*-1;. The van der Waals surface area contributed by atoms with Crippen molar-refractivity contribution < 1.29 is 40.8 Å². The van der Waals surface area contributed by atoms with Gasteiger partial charge in [-0.15, -0.1) is 0 Å². The fourth-order valence-electron chi connectivity index (χ4n) is 15.5. The van der Waals surface area contributed by atoms with E-state index in [2.05, 4.69) is 128 Å². The predicted octanol–water partition coefficient (Wildman–Crippen LogP) is 16.2. The summed E-state index contributed by atoms with van der Waals surface area (Å²) in [7, 11) is 1.75. The van der Waals surface area contributed by atoms with Crippen LogP contribution in [0.1, 0.15) is 152 Å². The van der Waals surface area contributed by atoms with Gasteiger partial charge in [-0.1, -0.05) is 77.9 Å². The van der Waals surface area contributed by atoms with E-state index >= 15 is 0 Å². The molecular weight excluding hydrogens is 985 g/mol. The molecule has 1 heterocycles. The Hall–Kier alpha value is -3.70. The van der Waals surface area contributed by atoms with Crippen molar-refractivity contribution in [3.8, 4) is 62.0 Å². The molecule has 13 rings (SSSR count). The van der Waals surface area contributed by atoms with Gasteiger partial charge in [0.15, 0.2) is 0 Å². The van der Waals surface area contributed by atoms with Gasteiger partial charge in [0, 0.05) is 71.4 Å². The van der Waals surface area contributed by atoms with Crippen LogP contribution in [0.2, 0.25) is 0 Å². The largest absolute Gasteiger partial charge is 0.507 e. The molecule has 0 saturated heterocycles. The number of methoxy groups -OCH3 is 1. The van der Waals surface area contributed by atoms with E-state index in [1.165, 1.54) is 110 Å². The van der Waals surface area contributed by atoms with Crippen molar-refractivity contribution in [3.63, 3.8) is 0 Å². The van der Waals surface area contributed by atoms with E-state index in [1.807, 2.05) is 0 Å². The maximum Gasteiger partial charge on any atom is 0.127 e. The van der Waals surface area contributed by atoms with E-state index in [4.69, 9.17) is 9.72 Å². The van der Waals surface area contributed by atoms with Gasteiger partial charge in [-0.2, -0.15) is 0 Å². The van der Waals surface area contributed by atoms with E-state index in [9.17, 15) is 10.2 Å². The zero-order valence-electron chi connectivity index (χ0n) is 42.6. The molecule has 8 aliphatic rings. The van der Waals surface area contributed by atoms with Crippen molar-refractivity contribution in [1.82, 2.24) is 4.98 Å². The van der Waals surface area contributed by atoms with Crippen LogP contribution < -0.4 is 4.74 Å². The Kier molecular flexibility index (Phi) is 13.1. The first-order valence-corrected chi connectivity index (χ1v) is 24.9. The molecule has 8 saturated carbocycles. The summed E-state index contributed by atoms with van der Waals surface area (Å²) in [4.78, 5) is 5.66. The predicted molar refractivity (Wildman–Crippen MR) is 275 cm³/mol. The van der Waals surface area contributed by atoms with Crippen molar-refractivity contribution in [1.29, 1.82) is 0 Å². The second-order valence-corrected chi connectivity index (χ2v) is 24.6. The molecule has 0 spiro atoms. The Labute approximate surface area is 423 Å². The average molecular weight is 1060 g/mol. The van der Waals surface area contributed by atoms with Crippen molar-refractivity contribution in [2.45, 2.75) is 154 Å². The Morgan fingerprint density at radius 1 is 0.478 bits per heavy atom. The third-order valence-electron chi connectivity index (χ3n) is 17.7. The van der Waals surface area contributed by atoms with Crippen LogP contribution in [-0.4, -0.2) is 22.3 Å². The minimum atomic E-state index is -0.112. The first-order chi connectivity index (χ1) is 30.4. The fraction of sp³-hybridized carbons (Fsp3) is 0.500. The maximum atomic E-state index is 12.7. The number of nitrogens with zero attached hydrogens (tertiary/aromatic N) is 1. The molecule has 1 aromatic heterocycles. The number of ether oxygens (including phenoxy) is 1. The van der Waals surface area contributed by atoms with E-state index in [0.29, 0.717) is 11.5 Å². The van der Waals surface area contributed by atoms with Gasteiger partial charge in [-0.3, -0.25) is 0 Å². The molecule has 4 nitrogen and oxygen atoms in total. The zero-order valence-corrected chi connectivity index (χ0v) is 46.2. The Morgan fingerprint density at radius 3 is 1.10 bits per heavy atom. The van der Waals surface area contributed by atoms with Crippen LogP contribution in [0.3, 0.4) is 0 Å². The molecule has 0 radical (unpaired) electrons.